The van der Waals surface area contributed by atoms with Gasteiger partial charge in [0.05, 0.1) is 5.71 Å². The maximum absolute atomic E-state index is 12.4. The molecule has 4 nitrogen and oxygen atoms in total. The number of nitrogens with zero attached hydrogens (tertiary/aromatic N) is 1. The van der Waals surface area contributed by atoms with Crippen LogP contribution in [-0.2, 0) is 10.3 Å². The number of hydrogen-bond donors (Lipinski definition) is 2. The lowest BCUT2D eigenvalue weighted by atomic mass is 9.86. The first-order chi connectivity index (χ1) is 9.79. The molecule has 2 heterocycles. The molecule has 20 heavy (non-hydrogen) atoms. The first-order valence-corrected chi connectivity index (χ1v) is 6.60. The average Bonchev–Trinajstić information content (AvgIpc) is 3.05. The Balaban J connectivity index is 1.74. The number of amides is 1. The van der Waals surface area contributed by atoms with Crippen molar-refractivity contribution in [3.8, 4) is 0 Å². The molecule has 2 N–H and O–H groups in total. The summed E-state index contributed by atoms with van der Waals surface area (Å²) in [5.74, 6) is -0.0339. The lowest BCUT2D eigenvalue weighted by Crippen LogP contribution is -2.42. The summed E-state index contributed by atoms with van der Waals surface area (Å²) in [6.45, 7) is 0. The Bertz CT molecular complexity index is 724. The van der Waals surface area contributed by atoms with E-state index < -0.39 is 5.54 Å². The molecule has 2 aromatic rings. The quantitative estimate of drug-likeness (QED) is 0.829. The van der Waals surface area contributed by atoms with Gasteiger partial charge in [0.1, 0.15) is 0 Å². The molecule has 0 aliphatic carbocycles. The number of benzene rings is 2. The summed E-state index contributed by atoms with van der Waals surface area (Å²) in [6, 6.07) is 17.7. The maximum atomic E-state index is 12.4. The van der Waals surface area contributed by atoms with Crippen molar-refractivity contribution in [1.82, 2.24) is 5.43 Å². The summed E-state index contributed by atoms with van der Waals surface area (Å²) >= 11 is 0. The molecular formula is C16H13N3O. The number of hydrazone groups is 1. The number of hydrogen-bond acceptors (Lipinski definition) is 3. The molecule has 0 radical (unpaired) electrons. The molecule has 4 rings (SSSR count). The van der Waals surface area contributed by atoms with Gasteiger partial charge in [0.25, 0.3) is 5.91 Å². The van der Waals surface area contributed by atoms with Crippen molar-refractivity contribution >= 4 is 17.3 Å². The molecule has 0 saturated carbocycles. The van der Waals surface area contributed by atoms with Gasteiger partial charge in [0, 0.05) is 17.7 Å². The first kappa shape index (κ1) is 11.2. The molecule has 2 aromatic carbocycles. The third-order valence-corrected chi connectivity index (χ3v) is 3.94. The van der Waals surface area contributed by atoms with Gasteiger partial charge in [0.15, 0.2) is 5.54 Å². The summed E-state index contributed by atoms with van der Waals surface area (Å²) in [6.07, 6.45) is 0.569. The van der Waals surface area contributed by atoms with E-state index in [9.17, 15) is 4.79 Å². The number of fused-ring (bicyclic) bond motifs is 2. The van der Waals surface area contributed by atoms with Gasteiger partial charge in [-0.25, -0.2) is 0 Å². The minimum atomic E-state index is -0.748. The largest absolute Gasteiger partial charge is 0.323 e. The predicted molar refractivity (Wildman–Crippen MR) is 77.5 cm³/mol. The number of carbonyl (C=O) groups excluding carboxylic acids is 1. The number of anilines is 1. The van der Waals surface area contributed by atoms with Gasteiger partial charge in [-0.1, -0.05) is 48.5 Å². The maximum Gasteiger partial charge on any atom is 0.256 e. The summed E-state index contributed by atoms with van der Waals surface area (Å²) in [7, 11) is 0. The predicted octanol–water partition coefficient (Wildman–Crippen LogP) is 2.23. The highest BCUT2D eigenvalue weighted by atomic mass is 16.2. The lowest BCUT2D eigenvalue weighted by Gasteiger charge is -2.20. The van der Waals surface area contributed by atoms with Crippen LogP contribution in [0.3, 0.4) is 0 Å². The van der Waals surface area contributed by atoms with Crippen LogP contribution in [0.4, 0.5) is 5.69 Å². The fourth-order valence-corrected chi connectivity index (χ4v) is 2.89. The fraction of sp³-hybridized carbons (Fsp3) is 0.125. The summed E-state index contributed by atoms with van der Waals surface area (Å²) in [5, 5.41) is 7.32. The molecule has 98 valence electrons. The summed E-state index contributed by atoms with van der Waals surface area (Å²) in [5.41, 5.74) is 6.12. The Kier molecular flexibility index (Phi) is 2.21. The van der Waals surface area contributed by atoms with E-state index in [1.165, 1.54) is 0 Å². The molecule has 0 bridgehead atoms. The highest BCUT2D eigenvalue weighted by molar-refractivity contribution is 6.13. The Labute approximate surface area is 116 Å². The topological polar surface area (TPSA) is 53.5 Å². The third-order valence-electron chi connectivity index (χ3n) is 3.94. The number of nitrogens with one attached hydrogen (secondary N) is 2. The monoisotopic (exact) mass is 263 g/mol. The van der Waals surface area contributed by atoms with E-state index in [-0.39, 0.29) is 5.91 Å². The molecule has 0 fully saturated rings. The van der Waals surface area contributed by atoms with Crippen LogP contribution >= 0.6 is 0 Å². The van der Waals surface area contributed by atoms with Crippen molar-refractivity contribution in [2.45, 2.75) is 12.0 Å². The standard InChI is InChI=1S/C16H13N3O/c20-15-16(12-8-4-5-9-13(12)17-15)10-14(18-19-16)11-6-2-1-3-7-11/h1-9,19H,10H2,(H,17,20)/t16-/m1/s1. The minimum absolute atomic E-state index is 0.0339. The average molecular weight is 263 g/mol. The second kappa shape index (κ2) is 3.93. The van der Waals surface area contributed by atoms with Crippen LogP contribution in [-0.4, -0.2) is 11.6 Å². The van der Waals surface area contributed by atoms with E-state index in [4.69, 9.17) is 0 Å². The van der Waals surface area contributed by atoms with E-state index in [1.54, 1.807) is 0 Å². The smallest absolute Gasteiger partial charge is 0.256 e. The molecule has 1 spiro atoms. The normalized spacial score (nSPS) is 23.2. The van der Waals surface area contributed by atoms with E-state index >= 15 is 0 Å². The number of para-hydroxylation sites is 1. The molecule has 0 saturated heterocycles. The van der Waals surface area contributed by atoms with Crippen LogP contribution in [0.5, 0.6) is 0 Å². The van der Waals surface area contributed by atoms with Gasteiger partial charge in [0.2, 0.25) is 0 Å². The second-order valence-corrected chi connectivity index (χ2v) is 5.12. The molecule has 2 aliphatic heterocycles. The fourth-order valence-electron chi connectivity index (χ4n) is 2.89. The minimum Gasteiger partial charge on any atom is -0.323 e. The van der Waals surface area contributed by atoms with Gasteiger partial charge in [-0.3, -0.25) is 10.2 Å². The molecule has 2 aliphatic rings. The molecule has 0 aromatic heterocycles. The van der Waals surface area contributed by atoms with Gasteiger partial charge in [-0.05, 0) is 11.6 Å². The highest BCUT2D eigenvalue weighted by Crippen LogP contribution is 2.41. The van der Waals surface area contributed by atoms with Gasteiger partial charge in [-0.15, -0.1) is 0 Å². The van der Waals surface area contributed by atoms with E-state index in [2.05, 4.69) is 15.8 Å². The zero-order valence-corrected chi connectivity index (χ0v) is 10.8. The third kappa shape index (κ3) is 1.42. The van der Waals surface area contributed by atoms with Crippen molar-refractivity contribution in [1.29, 1.82) is 0 Å². The van der Waals surface area contributed by atoms with Crippen molar-refractivity contribution in [3.63, 3.8) is 0 Å². The van der Waals surface area contributed by atoms with Gasteiger partial charge >= 0.3 is 0 Å². The first-order valence-electron chi connectivity index (χ1n) is 6.60. The van der Waals surface area contributed by atoms with E-state index in [0.717, 1.165) is 22.5 Å². The summed E-state index contributed by atoms with van der Waals surface area (Å²) < 4.78 is 0. The van der Waals surface area contributed by atoms with Crippen LogP contribution in [0.15, 0.2) is 59.7 Å². The van der Waals surface area contributed by atoms with Crippen molar-refractivity contribution in [2.75, 3.05) is 5.32 Å². The molecule has 4 heteroatoms. The van der Waals surface area contributed by atoms with E-state index in [1.807, 2.05) is 54.6 Å². The molecule has 1 atom stereocenters. The SMILES string of the molecule is O=C1Nc2ccccc2[C@]12CC(c1ccccc1)=NN2. The zero-order chi connectivity index (χ0) is 13.6. The summed E-state index contributed by atoms with van der Waals surface area (Å²) in [4.78, 5) is 12.4. The second-order valence-electron chi connectivity index (χ2n) is 5.12. The van der Waals surface area contributed by atoms with Crippen LogP contribution in [0.1, 0.15) is 17.5 Å². The zero-order valence-electron chi connectivity index (χ0n) is 10.8. The molecule has 1 amide bonds. The Morgan fingerprint density at radius 2 is 1.75 bits per heavy atom. The lowest BCUT2D eigenvalue weighted by molar-refractivity contribution is -0.121. The van der Waals surface area contributed by atoms with Crippen molar-refractivity contribution in [3.05, 3.63) is 65.7 Å². The highest BCUT2D eigenvalue weighted by Gasteiger charge is 2.50. The Morgan fingerprint density at radius 1 is 1.00 bits per heavy atom. The van der Waals surface area contributed by atoms with E-state index in [0.29, 0.717) is 6.42 Å². The van der Waals surface area contributed by atoms with Crippen LogP contribution in [0.2, 0.25) is 0 Å². The Hall–Kier alpha value is -2.62. The van der Waals surface area contributed by atoms with Crippen LogP contribution < -0.4 is 10.7 Å². The Morgan fingerprint density at radius 3 is 2.60 bits per heavy atom. The van der Waals surface area contributed by atoms with Gasteiger partial charge in [-0.2, -0.15) is 5.10 Å². The number of rotatable bonds is 1. The number of carbonyl (C=O) groups is 1. The van der Waals surface area contributed by atoms with Crippen molar-refractivity contribution in [2.24, 2.45) is 5.10 Å². The van der Waals surface area contributed by atoms with Crippen LogP contribution in [0, 0.1) is 0 Å². The van der Waals surface area contributed by atoms with Gasteiger partial charge < -0.3 is 5.32 Å². The van der Waals surface area contributed by atoms with Crippen LogP contribution in [0.25, 0.3) is 0 Å². The molecule has 0 unspecified atom stereocenters. The van der Waals surface area contributed by atoms with Crippen molar-refractivity contribution < 1.29 is 4.79 Å². The molecular weight excluding hydrogens is 250 g/mol.